The topological polar surface area (TPSA) is 32.3 Å². The molecule has 0 fully saturated rings. The largest absolute Gasteiger partial charge is 0.374 e. The van der Waals surface area contributed by atoms with Crippen LogP contribution in [0, 0.1) is 5.92 Å². The lowest BCUT2D eigenvalue weighted by atomic mass is 9.92. The van der Waals surface area contributed by atoms with Crippen molar-refractivity contribution in [1.82, 2.24) is 5.32 Å². The Balaban J connectivity index is 2.87. The van der Waals surface area contributed by atoms with Crippen LogP contribution >= 0.6 is 0 Å². The highest BCUT2D eigenvalue weighted by molar-refractivity contribution is 5.33. The molecule has 0 bridgehead atoms. The first-order valence-electron chi connectivity index (χ1n) is 4.53. The first kappa shape index (κ1) is 10.3. The van der Waals surface area contributed by atoms with Crippen molar-refractivity contribution in [1.29, 1.82) is 0 Å². The SMILES string of the molecule is CC1=C(NC(C)O)C(F)=CC[C@H]1C. The van der Waals surface area contributed by atoms with E-state index in [-0.39, 0.29) is 5.83 Å². The highest BCUT2D eigenvalue weighted by atomic mass is 19.1. The van der Waals surface area contributed by atoms with Crippen LogP contribution in [0.1, 0.15) is 27.2 Å². The number of hydrogen-bond acceptors (Lipinski definition) is 2. The average Bonchev–Trinajstić information content (AvgIpc) is 2.05. The zero-order chi connectivity index (χ0) is 10.0. The van der Waals surface area contributed by atoms with E-state index in [0.717, 1.165) is 12.0 Å². The van der Waals surface area contributed by atoms with Gasteiger partial charge in [0.05, 0.1) is 5.70 Å². The standard InChI is InChI=1S/C10H16FNO/c1-6-4-5-9(11)10(7(6)2)12-8(3)13/h5-6,8,12-13H,4H2,1-3H3/t6-,8?/m1/s1. The van der Waals surface area contributed by atoms with Gasteiger partial charge in [-0.25, -0.2) is 4.39 Å². The van der Waals surface area contributed by atoms with Crippen molar-refractivity contribution in [3.8, 4) is 0 Å². The molecule has 0 heterocycles. The molecule has 0 saturated heterocycles. The predicted molar refractivity (Wildman–Crippen MR) is 50.5 cm³/mol. The van der Waals surface area contributed by atoms with E-state index in [4.69, 9.17) is 5.11 Å². The monoisotopic (exact) mass is 185 g/mol. The van der Waals surface area contributed by atoms with Crippen molar-refractivity contribution < 1.29 is 9.50 Å². The van der Waals surface area contributed by atoms with Gasteiger partial charge in [0.2, 0.25) is 0 Å². The van der Waals surface area contributed by atoms with E-state index < -0.39 is 6.23 Å². The van der Waals surface area contributed by atoms with Gasteiger partial charge in [0.15, 0.2) is 0 Å². The molecule has 13 heavy (non-hydrogen) atoms. The number of halogens is 1. The molecule has 1 rings (SSSR count). The van der Waals surface area contributed by atoms with Gasteiger partial charge in [-0.3, -0.25) is 0 Å². The third-order valence-electron chi connectivity index (χ3n) is 2.38. The summed E-state index contributed by atoms with van der Waals surface area (Å²) in [5.74, 6) is 0.0947. The fraction of sp³-hybridized carbons (Fsp3) is 0.600. The first-order chi connectivity index (χ1) is 6.02. The second-order valence-electron chi connectivity index (χ2n) is 3.57. The molecule has 0 saturated carbocycles. The molecule has 2 N–H and O–H groups in total. The minimum atomic E-state index is -0.714. The Morgan fingerprint density at radius 3 is 2.85 bits per heavy atom. The molecule has 0 aromatic heterocycles. The van der Waals surface area contributed by atoms with Crippen LogP contribution in [0.5, 0.6) is 0 Å². The molecule has 2 nitrogen and oxygen atoms in total. The van der Waals surface area contributed by atoms with Gasteiger partial charge < -0.3 is 10.4 Å². The van der Waals surface area contributed by atoms with E-state index in [2.05, 4.69) is 5.32 Å². The van der Waals surface area contributed by atoms with Crippen molar-refractivity contribution in [2.75, 3.05) is 0 Å². The summed E-state index contributed by atoms with van der Waals surface area (Å²) in [5, 5.41) is 11.8. The van der Waals surface area contributed by atoms with Crippen LogP contribution in [-0.2, 0) is 0 Å². The van der Waals surface area contributed by atoms with Crippen LogP contribution in [-0.4, -0.2) is 11.3 Å². The summed E-state index contributed by atoms with van der Waals surface area (Å²) in [5.41, 5.74) is 1.43. The number of aliphatic hydroxyl groups excluding tert-OH is 1. The maximum absolute atomic E-state index is 13.3. The Labute approximate surface area is 78.1 Å². The van der Waals surface area contributed by atoms with Gasteiger partial charge in [0, 0.05) is 0 Å². The van der Waals surface area contributed by atoms with E-state index in [0.29, 0.717) is 11.6 Å². The lowest BCUT2D eigenvalue weighted by Gasteiger charge is -2.22. The van der Waals surface area contributed by atoms with Gasteiger partial charge in [0.1, 0.15) is 12.1 Å². The molecule has 74 valence electrons. The van der Waals surface area contributed by atoms with E-state index >= 15 is 0 Å². The lowest BCUT2D eigenvalue weighted by Crippen LogP contribution is -2.28. The van der Waals surface area contributed by atoms with Gasteiger partial charge in [-0.2, -0.15) is 0 Å². The summed E-state index contributed by atoms with van der Waals surface area (Å²) >= 11 is 0. The minimum Gasteiger partial charge on any atom is -0.374 e. The number of aliphatic hydroxyl groups is 1. The predicted octanol–water partition coefficient (Wildman–Crippen LogP) is 2.08. The van der Waals surface area contributed by atoms with Gasteiger partial charge in [-0.05, 0) is 37.8 Å². The molecular formula is C10H16FNO. The summed E-state index contributed by atoms with van der Waals surface area (Å²) < 4.78 is 13.3. The quantitative estimate of drug-likeness (QED) is 0.645. The van der Waals surface area contributed by atoms with E-state index in [1.54, 1.807) is 13.0 Å². The van der Waals surface area contributed by atoms with E-state index in [9.17, 15) is 4.39 Å². The first-order valence-corrected chi connectivity index (χ1v) is 4.53. The Bertz CT molecular complexity index is 256. The van der Waals surface area contributed by atoms with E-state index in [1.807, 2.05) is 13.8 Å². The molecule has 2 atom stereocenters. The highest BCUT2D eigenvalue weighted by Gasteiger charge is 2.18. The molecule has 1 unspecified atom stereocenters. The van der Waals surface area contributed by atoms with Gasteiger partial charge in [0.25, 0.3) is 0 Å². The Hall–Kier alpha value is -0.830. The molecule has 1 aliphatic rings. The van der Waals surface area contributed by atoms with Gasteiger partial charge >= 0.3 is 0 Å². The fourth-order valence-corrected chi connectivity index (χ4v) is 1.39. The molecular weight excluding hydrogens is 169 g/mol. The zero-order valence-corrected chi connectivity index (χ0v) is 8.26. The van der Waals surface area contributed by atoms with Crippen molar-refractivity contribution in [3.63, 3.8) is 0 Å². The van der Waals surface area contributed by atoms with E-state index in [1.165, 1.54) is 0 Å². The average molecular weight is 185 g/mol. The normalized spacial score (nSPS) is 25.6. The lowest BCUT2D eigenvalue weighted by molar-refractivity contribution is 0.167. The maximum atomic E-state index is 13.3. The summed E-state index contributed by atoms with van der Waals surface area (Å²) in [6.45, 7) is 5.51. The minimum absolute atomic E-state index is 0.253. The number of allylic oxidation sites excluding steroid dienone is 3. The maximum Gasteiger partial charge on any atom is 0.142 e. The Morgan fingerprint density at radius 1 is 1.69 bits per heavy atom. The van der Waals surface area contributed by atoms with Crippen molar-refractivity contribution in [2.24, 2.45) is 5.92 Å². The number of rotatable bonds is 2. The zero-order valence-electron chi connectivity index (χ0n) is 8.26. The molecule has 1 aliphatic carbocycles. The Morgan fingerprint density at radius 2 is 2.31 bits per heavy atom. The van der Waals surface area contributed by atoms with Crippen LogP contribution < -0.4 is 5.32 Å². The molecule has 0 spiro atoms. The van der Waals surface area contributed by atoms with Crippen LogP contribution in [0.4, 0.5) is 4.39 Å². The molecule has 0 radical (unpaired) electrons. The Kier molecular flexibility index (Phi) is 3.09. The summed E-state index contributed by atoms with van der Waals surface area (Å²) in [6.07, 6.45) is 1.58. The fourth-order valence-electron chi connectivity index (χ4n) is 1.39. The van der Waals surface area contributed by atoms with Gasteiger partial charge in [-0.1, -0.05) is 6.92 Å². The highest BCUT2D eigenvalue weighted by Crippen LogP contribution is 2.28. The molecule has 0 amide bonds. The second kappa shape index (κ2) is 3.92. The van der Waals surface area contributed by atoms with Crippen LogP contribution in [0.25, 0.3) is 0 Å². The second-order valence-corrected chi connectivity index (χ2v) is 3.57. The smallest absolute Gasteiger partial charge is 0.142 e. The van der Waals surface area contributed by atoms with Gasteiger partial charge in [-0.15, -0.1) is 0 Å². The van der Waals surface area contributed by atoms with Crippen LogP contribution in [0.3, 0.4) is 0 Å². The summed E-state index contributed by atoms with van der Waals surface area (Å²) in [7, 11) is 0. The third-order valence-corrected chi connectivity index (χ3v) is 2.38. The van der Waals surface area contributed by atoms with Crippen molar-refractivity contribution in [3.05, 3.63) is 23.2 Å². The third kappa shape index (κ3) is 2.31. The van der Waals surface area contributed by atoms with Crippen LogP contribution in [0.15, 0.2) is 23.2 Å². The molecule has 0 aliphatic heterocycles. The van der Waals surface area contributed by atoms with Crippen molar-refractivity contribution in [2.45, 2.75) is 33.4 Å². The van der Waals surface area contributed by atoms with Crippen LogP contribution in [0.2, 0.25) is 0 Å². The number of nitrogens with one attached hydrogen (secondary N) is 1. The number of hydrogen-bond donors (Lipinski definition) is 2. The molecule has 0 aromatic carbocycles. The molecule has 3 heteroatoms. The summed E-state index contributed by atoms with van der Waals surface area (Å²) in [4.78, 5) is 0. The molecule has 0 aromatic rings. The van der Waals surface area contributed by atoms with Crippen molar-refractivity contribution >= 4 is 0 Å². The summed E-state index contributed by atoms with van der Waals surface area (Å²) in [6, 6.07) is 0.